The molecule has 1 saturated heterocycles. The predicted octanol–water partition coefficient (Wildman–Crippen LogP) is 1.04. The second kappa shape index (κ2) is 5.92. The molecule has 1 atom stereocenters. The monoisotopic (exact) mass is 310 g/mol. The van der Waals surface area contributed by atoms with Crippen LogP contribution in [0.15, 0.2) is 24.3 Å². The van der Waals surface area contributed by atoms with Crippen molar-refractivity contribution in [1.82, 2.24) is 0 Å². The molecule has 1 heterocycles. The van der Waals surface area contributed by atoms with Crippen LogP contribution in [0, 0.1) is 10.1 Å². The van der Waals surface area contributed by atoms with Crippen LogP contribution < -0.4 is 4.90 Å². The van der Waals surface area contributed by atoms with Crippen LogP contribution in [0.3, 0.4) is 0 Å². The molecule has 2 rings (SSSR count). The number of hydrogen-bond donors (Lipinski definition) is 1. The SMILES string of the molecule is O=C(O)CSC1CC(=O)N(c2ccccc2[N+](=O)[O-])C1=O. The fraction of sp³-hybridized carbons (Fsp3) is 0.250. The van der Waals surface area contributed by atoms with Crippen molar-refractivity contribution in [3.05, 3.63) is 34.4 Å². The summed E-state index contributed by atoms with van der Waals surface area (Å²) in [6.07, 6.45) is -0.164. The summed E-state index contributed by atoms with van der Waals surface area (Å²) in [6, 6.07) is 5.44. The van der Waals surface area contributed by atoms with Gasteiger partial charge in [0.1, 0.15) is 5.69 Å². The summed E-state index contributed by atoms with van der Waals surface area (Å²) in [5, 5.41) is 18.7. The number of nitro groups is 1. The highest BCUT2D eigenvalue weighted by molar-refractivity contribution is 8.01. The Labute approximate surface area is 122 Å². The Morgan fingerprint density at radius 2 is 2.10 bits per heavy atom. The van der Waals surface area contributed by atoms with Gasteiger partial charge >= 0.3 is 5.97 Å². The van der Waals surface area contributed by atoms with E-state index >= 15 is 0 Å². The van der Waals surface area contributed by atoms with E-state index in [1.807, 2.05) is 0 Å². The zero-order chi connectivity index (χ0) is 15.6. The summed E-state index contributed by atoms with van der Waals surface area (Å²) < 4.78 is 0. The molecule has 0 aromatic heterocycles. The molecule has 110 valence electrons. The maximum absolute atomic E-state index is 12.2. The average molecular weight is 310 g/mol. The van der Waals surface area contributed by atoms with Gasteiger partial charge in [-0.05, 0) is 6.07 Å². The van der Waals surface area contributed by atoms with Crippen LogP contribution in [-0.4, -0.2) is 38.8 Å². The predicted molar refractivity (Wildman–Crippen MR) is 74.1 cm³/mol. The molecule has 0 saturated carbocycles. The summed E-state index contributed by atoms with van der Waals surface area (Å²) >= 11 is 0.835. The maximum atomic E-state index is 12.2. The number of hydrogen-bond acceptors (Lipinski definition) is 6. The third kappa shape index (κ3) is 3.02. The van der Waals surface area contributed by atoms with Crippen molar-refractivity contribution in [2.24, 2.45) is 0 Å². The second-order valence-corrected chi connectivity index (χ2v) is 5.40. The number of para-hydroxylation sites is 2. The first-order valence-electron chi connectivity index (χ1n) is 5.85. The Balaban J connectivity index is 2.29. The van der Waals surface area contributed by atoms with Gasteiger partial charge in [0.25, 0.3) is 5.69 Å². The number of thioether (sulfide) groups is 1. The van der Waals surface area contributed by atoms with Gasteiger partial charge in [-0.15, -0.1) is 11.8 Å². The minimum atomic E-state index is -1.09. The first-order chi connectivity index (χ1) is 9.91. The van der Waals surface area contributed by atoms with Crippen LogP contribution in [0.5, 0.6) is 0 Å². The summed E-state index contributed by atoms with van der Waals surface area (Å²) in [4.78, 5) is 45.7. The quantitative estimate of drug-likeness (QED) is 0.490. The number of anilines is 1. The van der Waals surface area contributed by atoms with E-state index in [1.54, 1.807) is 0 Å². The van der Waals surface area contributed by atoms with Gasteiger partial charge in [-0.2, -0.15) is 0 Å². The van der Waals surface area contributed by atoms with Crippen molar-refractivity contribution in [3.63, 3.8) is 0 Å². The molecule has 1 fully saturated rings. The van der Waals surface area contributed by atoms with E-state index in [-0.39, 0.29) is 23.5 Å². The van der Waals surface area contributed by atoms with E-state index in [1.165, 1.54) is 24.3 Å². The van der Waals surface area contributed by atoms with E-state index in [0.717, 1.165) is 16.7 Å². The minimum Gasteiger partial charge on any atom is -0.481 e. The first-order valence-corrected chi connectivity index (χ1v) is 6.90. The van der Waals surface area contributed by atoms with Gasteiger partial charge < -0.3 is 5.11 Å². The van der Waals surface area contributed by atoms with E-state index in [0.29, 0.717) is 0 Å². The molecule has 1 aromatic rings. The van der Waals surface area contributed by atoms with Gasteiger partial charge in [0.05, 0.1) is 15.9 Å². The zero-order valence-electron chi connectivity index (χ0n) is 10.6. The highest BCUT2D eigenvalue weighted by Gasteiger charge is 2.42. The van der Waals surface area contributed by atoms with Crippen LogP contribution in [0.2, 0.25) is 0 Å². The highest BCUT2D eigenvalue weighted by Crippen LogP contribution is 2.34. The standard InChI is InChI=1S/C12H10N2O6S/c15-10-5-9(21-6-11(16)17)12(18)13(10)7-3-1-2-4-8(7)14(19)20/h1-4,9H,5-6H2,(H,16,17). The molecule has 0 aliphatic carbocycles. The number of carboxylic acids is 1. The van der Waals surface area contributed by atoms with E-state index < -0.39 is 28.0 Å². The summed E-state index contributed by atoms with van der Waals surface area (Å²) in [7, 11) is 0. The van der Waals surface area contributed by atoms with Crippen LogP contribution in [0.1, 0.15) is 6.42 Å². The Morgan fingerprint density at radius 1 is 1.43 bits per heavy atom. The molecule has 1 aromatic carbocycles. The maximum Gasteiger partial charge on any atom is 0.313 e. The number of nitrogens with zero attached hydrogens (tertiary/aromatic N) is 2. The molecular weight excluding hydrogens is 300 g/mol. The van der Waals surface area contributed by atoms with Crippen molar-refractivity contribution >= 4 is 40.9 Å². The topological polar surface area (TPSA) is 118 Å². The van der Waals surface area contributed by atoms with Crippen molar-refractivity contribution in [2.45, 2.75) is 11.7 Å². The highest BCUT2D eigenvalue weighted by atomic mass is 32.2. The molecule has 0 radical (unpaired) electrons. The number of carbonyl (C=O) groups is 3. The van der Waals surface area contributed by atoms with Gasteiger partial charge in [-0.25, -0.2) is 4.90 Å². The van der Waals surface area contributed by atoms with Crippen molar-refractivity contribution < 1.29 is 24.4 Å². The van der Waals surface area contributed by atoms with Crippen LogP contribution >= 0.6 is 11.8 Å². The number of aliphatic carboxylic acids is 1. The number of benzene rings is 1. The molecule has 21 heavy (non-hydrogen) atoms. The number of amides is 2. The third-order valence-electron chi connectivity index (χ3n) is 2.83. The molecule has 1 aliphatic heterocycles. The number of carboxylic acid groups (broad SMARTS) is 1. The number of carbonyl (C=O) groups excluding carboxylic acids is 2. The molecule has 1 unspecified atom stereocenters. The van der Waals surface area contributed by atoms with Crippen molar-refractivity contribution in [1.29, 1.82) is 0 Å². The van der Waals surface area contributed by atoms with Crippen LogP contribution in [0.4, 0.5) is 11.4 Å². The van der Waals surface area contributed by atoms with Crippen molar-refractivity contribution in [3.8, 4) is 0 Å². The lowest BCUT2D eigenvalue weighted by Gasteiger charge is -2.14. The van der Waals surface area contributed by atoms with Crippen molar-refractivity contribution in [2.75, 3.05) is 10.7 Å². The molecule has 8 nitrogen and oxygen atoms in total. The smallest absolute Gasteiger partial charge is 0.313 e. The Kier molecular flexibility index (Phi) is 4.22. The lowest BCUT2D eigenvalue weighted by atomic mass is 10.2. The van der Waals surface area contributed by atoms with Crippen LogP contribution in [0.25, 0.3) is 0 Å². The minimum absolute atomic E-state index is 0.0871. The largest absolute Gasteiger partial charge is 0.481 e. The van der Waals surface area contributed by atoms with E-state index in [2.05, 4.69) is 0 Å². The van der Waals surface area contributed by atoms with Gasteiger partial charge in [-0.1, -0.05) is 12.1 Å². The molecule has 1 N–H and O–H groups in total. The van der Waals surface area contributed by atoms with Gasteiger partial charge in [0, 0.05) is 12.5 Å². The van der Waals surface area contributed by atoms with Gasteiger partial charge in [0.2, 0.25) is 11.8 Å². The van der Waals surface area contributed by atoms with Crippen LogP contribution in [-0.2, 0) is 14.4 Å². The molecule has 2 amide bonds. The normalized spacial score (nSPS) is 18.1. The first kappa shape index (κ1) is 15.0. The molecule has 0 bridgehead atoms. The van der Waals surface area contributed by atoms with E-state index in [4.69, 9.17) is 5.11 Å². The molecule has 9 heteroatoms. The molecular formula is C12H10N2O6S. The number of nitro benzene ring substituents is 1. The number of imide groups is 1. The molecule has 1 aliphatic rings. The van der Waals surface area contributed by atoms with E-state index in [9.17, 15) is 24.5 Å². The Morgan fingerprint density at radius 3 is 2.71 bits per heavy atom. The van der Waals surface area contributed by atoms with Gasteiger partial charge in [-0.3, -0.25) is 24.5 Å². The summed E-state index contributed by atoms with van der Waals surface area (Å²) in [6.45, 7) is 0. The fourth-order valence-corrected chi connectivity index (χ4v) is 2.82. The zero-order valence-corrected chi connectivity index (χ0v) is 11.4. The third-order valence-corrected chi connectivity index (χ3v) is 4.02. The lowest BCUT2D eigenvalue weighted by molar-refractivity contribution is -0.384. The number of rotatable bonds is 5. The summed E-state index contributed by atoms with van der Waals surface area (Å²) in [5.74, 6) is -2.60. The Hall–Kier alpha value is -2.42. The Bertz CT molecular complexity index is 632. The summed E-state index contributed by atoms with van der Waals surface area (Å²) in [5.41, 5.74) is -0.431. The molecule has 0 spiro atoms. The average Bonchev–Trinajstić information content (AvgIpc) is 2.71. The van der Waals surface area contributed by atoms with Gasteiger partial charge in [0.15, 0.2) is 0 Å². The second-order valence-electron chi connectivity index (χ2n) is 4.21. The fourth-order valence-electron chi connectivity index (χ4n) is 1.97. The lowest BCUT2D eigenvalue weighted by Crippen LogP contribution is -2.31.